The second-order valence-corrected chi connectivity index (χ2v) is 5.75. The summed E-state index contributed by atoms with van der Waals surface area (Å²) in [6.45, 7) is 0. The zero-order valence-corrected chi connectivity index (χ0v) is 11.0. The van der Waals surface area contributed by atoms with E-state index >= 15 is 0 Å². The summed E-state index contributed by atoms with van der Waals surface area (Å²) < 4.78 is 13.5. The number of aliphatic hydroxyl groups is 1. The van der Waals surface area contributed by atoms with Gasteiger partial charge in [-0.25, -0.2) is 4.39 Å². The van der Waals surface area contributed by atoms with Crippen LogP contribution in [0.4, 0.5) is 4.39 Å². The molecule has 0 bridgehead atoms. The molecule has 0 aliphatic heterocycles. The number of hydrogen-bond acceptors (Lipinski definition) is 2. The van der Waals surface area contributed by atoms with Crippen LogP contribution < -0.4 is 0 Å². The van der Waals surface area contributed by atoms with Crippen LogP contribution in [0.3, 0.4) is 0 Å². The van der Waals surface area contributed by atoms with Crippen LogP contribution in [-0.4, -0.2) is 5.11 Å². The van der Waals surface area contributed by atoms with Gasteiger partial charge in [0.05, 0.1) is 10.4 Å². The Morgan fingerprint density at radius 2 is 2.00 bits per heavy atom. The summed E-state index contributed by atoms with van der Waals surface area (Å²) in [5, 5.41) is 10.3. The molecule has 1 N–H and O–H groups in total. The van der Waals surface area contributed by atoms with Crippen molar-refractivity contribution in [3.63, 3.8) is 0 Å². The Morgan fingerprint density at radius 3 is 2.59 bits per heavy atom. The molecule has 17 heavy (non-hydrogen) atoms. The van der Waals surface area contributed by atoms with Crippen molar-refractivity contribution in [1.29, 1.82) is 0 Å². The molecule has 0 saturated carbocycles. The van der Waals surface area contributed by atoms with Crippen molar-refractivity contribution >= 4 is 34.5 Å². The maximum atomic E-state index is 12.8. The minimum atomic E-state index is -0.671. The predicted molar refractivity (Wildman–Crippen MR) is 69.4 cm³/mol. The molecule has 0 spiro atoms. The summed E-state index contributed by atoms with van der Waals surface area (Å²) in [5.41, 5.74) is 0.713. The molecule has 1 aromatic heterocycles. The van der Waals surface area contributed by atoms with Crippen LogP contribution in [0, 0.1) is 5.82 Å². The highest BCUT2D eigenvalue weighted by Gasteiger charge is 2.13. The van der Waals surface area contributed by atoms with Crippen molar-refractivity contribution in [2.24, 2.45) is 0 Å². The molecule has 1 aromatic carbocycles. The number of aliphatic hydroxyl groups excluding tert-OH is 1. The lowest BCUT2D eigenvalue weighted by Gasteiger charge is -2.09. The normalized spacial score (nSPS) is 12.7. The van der Waals surface area contributed by atoms with Gasteiger partial charge in [-0.05, 0) is 29.8 Å². The third kappa shape index (κ3) is 3.19. The maximum absolute atomic E-state index is 12.8. The fraction of sp³-hybridized carbons (Fsp3) is 0.167. The van der Waals surface area contributed by atoms with Crippen molar-refractivity contribution < 1.29 is 9.50 Å². The second kappa shape index (κ2) is 5.36. The fourth-order valence-electron chi connectivity index (χ4n) is 1.50. The Hall–Kier alpha value is -0.610. The van der Waals surface area contributed by atoms with Crippen LogP contribution in [0.1, 0.15) is 16.5 Å². The number of rotatable bonds is 3. The van der Waals surface area contributed by atoms with Gasteiger partial charge in [0.25, 0.3) is 0 Å². The molecule has 2 aromatic rings. The lowest BCUT2D eigenvalue weighted by Crippen LogP contribution is -2.00. The molecule has 1 nitrogen and oxygen atoms in total. The zero-order chi connectivity index (χ0) is 12.4. The predicted octanol–water partition coefficient (Wildman–Crippen LogP) is 4.47. The lowest BCUT2D eigenvalue weighted by molar-refractivity contribution is 0.182. The van der Waals surface area contributed by atoms with E-state index in [9.17, 15) is 9.50 Å². The summed E-state index contributed by atoms with van der Waals surface area (Å²) in [5.74, 6) is -0.382. The van der Waals surface area contributed by atoms with E-state index in [1.807, 2.05) is 0 Å². The largest absolute Gasteiger partial charge is 0.387 e. The Balaban J connectivity index is 2.15. The van der Waals surface area contributed by atoms with Crippen molar-refractivity contribution in [2.75, 3.05) is 0 Å². The molecule has 1 atom stereocenters. The molecule has 2 rings (SSSR count). The monoisotopic (exact) mass is 290 g/mol. The first kappa shape index (κ1) is 12.8. The molecule has 0 aliphatic rings. The first-order valence-corrected chi connectivity index (χ1v) is 6.51. The SMILES string of the molecule is OC(Cc1ccc(F)cc1Cl)c1ccc(Cl)s1. The number of thiophene rings is 1. The molecule has 0 radical (unpaired) electrons. The van der Waals surface area contributed by atoms with Crippen LogP contribution in [0.2, 0.25) is 9.36 Å². The quantitative estimate of drug-likeness (QED) is 0.884. The van der Waals surface area contributed by atoms with Crippen LogP contribution in [-0.2, 0) is 6.42 Å². The van der Waals surface area contributed by atoms with Gasteiger partial charge in [0.15, 0.2) is 0 Å². The van der Waals surface area contributed by atoms with E-state index in [1.165, 1.54) is 23.5 Å². The van der Waals surface area contributed by atoms with Gasteiger partial charge in [-0.15, -0.1) is 11.3 Å². The van der Waals surface area contributed by atoms with Crippen molar-refractivity contribution in [3.05, 3.63) is 55.9 Å². The molecule has 0 amide bonds. The standard InChI is InChI=1S/C12H9Cl2FOS/c13-9-6-8(15)2-1-7(9)5-10(16)11-3-4-12(14)17-11/h1-4,6,10,16H,5H2. The highest BCUT2D eigenvalue weighted by Crippen LogP contribution is 2.30. The van der Waals surface area contributed by atoms with E-state index in [1.54, 1.807) is 18.2 Å². The molecule has 90 valence electrons. The Kier molecular flexibility index (Phi) is 4.05. The number of halogens is 3. The van der Waals surface area contributed by atoms with E-state index in [2.05, 4.69) is 0 Å². The second-order valence-electron chi connectivity index (χ2n) is 3.60. The number of benzene rings is 1. The Bertz CT molecular complexity index is 527. The Morgan fingerprint density at radius 1 is 1.24 bits per heavy atom. The van der Waals surface area contributed by atoms with Crippen molar-refractivity contribution in [3.8, 4) is 0 Å². The molecule has 0 saturated heterocycles. The third-order valence-electron chi connectivity index (χ3n) is 2.35. The van der Waals surface area contributed by atoms with E-state index in [0.717, 1.165) is 4.88 Å². The molecule has 5 heteroatoms. The summed E-state index contributed by atoms with van der Waals surface area (Å²) >= 11 is 13.0. The van der Waals surface area contributed by atoms with Crippen LogP contribution in [0.5, 0.6) is 0 Å². The maximum Gasteiger partial charge on any atom is 0.124 e. The highest BCUT2D eigenvalue weighted by molar-refractivity contribution is 7.16. The van der Waals surface area contributed by atoms with Crippen LogP contribution in [0.15, 0.2) is 30.3 Å². The first-order valence-electron chi connectivity index (χ1n) is 4.93. The highest BCUT2D eigenvalue weighted by atomic mass is 35.5. The topological polar surface area (TPSA) is 20.2 Å². The van der Waals surface area contributed by atoms with Gasteiger partial charge in [0.2, 0.25) is 0 Å². The van der Waals surface area contributed by atoms with Gasteiger partial charge >= 0.3 is 0 Å². The molecule has 1 unspecified atom stereocenters. The summed E-state index contributed by atoms with van der Waals surface area (Å²) in [4.78, 5) is 0.774. The van der Waals surface area contributed by atoms with E-state index < -0.39 is 6.10 Å². The van der Waals surface area contributed by atoms with Gasteiger partial charge < -0.3 is 5.11 Å². The molecule has 0 fully saturated rings. The van der Waals surface area contributed by atoms with Crippen molar-refractivity contribution in [2.45, 2.75) is 12.5 Å². The summed E-state index contributed by atoms with van der Waals surface area (Å²) in [7, 11) is 0. The summed E-state index contributed by atoms with van der Waals surface area (Å²) in [6, 6.07) is 7.66. The van der Waals surface area contributed by atoms with Crippen LogP contribution >= 0.6 is 34.5 Å². The van der Waals surface area contributed by atoms with Gasteiger partial charge in [-0.3, -0.25) is 0 Å². The third-order valence-corrected chi connectivity index (χ3v) is 4.04. The van der Waals surface area contributed by atoms with Gasteiger partial charge in [-0.2, -0.15) is 0 Å². The summed E-state index contributed by atoms with van der Waals surface area (Å²) in [6.07, 6.45) is -0.328. The average molecular weight is 291 g/mol. The van der Waals surface area contributed by atoms with Gasteiger partial charge in [-0.1, -0.05) is 29.3 Å². The van der Waals surface area contributed by atoms with E-state index in [0.29, 0.717) is 21.3 Å². The molecule has 1 heterocycles. The molecular weight excluding hydrogens is 282 g/mol. The molecular formula is C12H9Cl2FOS. The van der Waals surface area contributed by atoms with Gasteiger partial charge in [0.1, 0.15) is 5.82 Å². The van der Waals surface area contributed by atoms with Crippen molar-refractivity contribution in [1.82, 2.24) is 0 Å². The zero-order valence-electron chi connectivity index (χ0n) is 8.66. The lowest BCUT2D eigenvalue weighted by atomic mass is 10.1. The van der Waals surface area contributed by atoms with E-state index in [4.69, 9.17) is 23.2 Å². The van der Waals surface area contributed by atoms with Gasteiger partial charge in [0, 0.05) is 16.3 Å². The fourth-order valence-corrected chi connectivity index (χ4v) is 2.79. The van der Waals surface area contributed by atoms with Crippen LogP contribution in [0.25, 0.3) is 0 Å². The first-order chi connectivity index (χ1) is 8.06. The smallest absolute Gasteiger partial charge is 0.124 e. The minimum Gasteiger partial charge on any atom is -0.387 e. The minimum absolute atomic E-state index is 0.326. The Labute approximate surface area is 112 Å². The number of hydrogen-bond donors (Lipinski definition) is 1. The average Bonchev–Trinajstić information content (AvgIpc) is 2.69. The molecule has 0 aliphatic carbocycles. The van der Waals surface area contributed by atoms with E-state index in [-0.39, 0.29) is 5.82 Å².